The summed E-state index contributed by atoms with van der Waals surface area (Å²) in [4.78, 5) is 25.6. The third-order valence-electron chi connectivity index (χ3n) is 4.33. The molecule has 0 bridgehead atoms. The summed E-state index contributed by atoms with van der Waals surface area (Å²) in [5, 5.41) is 0. The van der Waals surface area contributed by atoms with Gasteiger partial charge in [-0.2, -0.15) is 0 Å². The number of esters is 2. The van der Waals surface area contributed by atoms with Crippen molar-refractivity contribution in [1.29, 1.82) is 0 Å². The lowest BCUT2D eigenvalue weighted by Gasteiger charge is -2.32. The van der Waals surface area contributed by atoms with Crippen LogP contribution in [0.5, 0.6) is 0 Å². The molecule has 4 nitrogen and oxygen atoms in total. The Kier molecular flexibility index (Phi) is 6.96. The number of allylic oxidation sites excluding steroid dienone is 1. The Morgan fingerprint density at radius 2 is 1.52 bits per heavy atom. The van der Waals surface area contributed by atoms with Gasteiger partial charge in [0.2, 0.25) is 0 Å². The standard InChI is InChI=1S/C23H22O4/c1-4-17-23(21(24)26-2,22(25)27-3)20(19-13-9-6-10-14-19)16-15-18-11-7-5-8-12-18/h4-14,20H,1,17H2,2-3H3. The molecule has 0 saturated carbocycles. The number of carbonyl (C=O) groups is 2. The largest absolute Gasteiger partial charge is 0.468 e. The van der Waals surface area contributed by atoms with E-state index >= 15 is 0 Å². The van der Waals surface area contributed by atoms with E-state index in [2.05, 4.69) is 18.4 Å². The van der Waals surface area contributed by atoms with Crippen LogP contribution in [0.4, 0.5) is 0 Å². The second-order valence-corrected chi connectivity index (χ2v) is 5.93. The van der Waals surface area contributed by atoms with Gasteiger partial charge in [-0.3, -0.25) is 9.59 Å². The first-order valence-electron chi connectivity index (χ1n) is 8.49. The summed E-state index contributed by atoms with van der Waals surface area (Å²) >= 11 is 0. The van der Waals surface area contributed by atoms with E-state index in [1.54, 1.807) is 0 Å². The molecule has 1 atom stereocenters. The number of ether oxygens (including phenoxy) is 2. The van der Waals surface area contributed by atoms with Crippen molar-refractivity contribution in [3.05, 3.63) is 84.4 Å². The topological polar surface area (TPSA) is 52.6 Å². The molecule has 2 aromatic carbocycles. The second-order valence-electron chi connectivity index (χ2n) is 5.93. The predicted octanol–water partition coefficient (Wildman–Crippen LogP) is 3.73. The molecule has 0 aromatic heterocycles. The van der Waals surface area contributed by atoms with Gasteiger partial charge in [-0.05, 0) is 24.1 Å². The maximum absolute atomic E-state index is 12.8. The van der Waals surface area contributed by atoms with Gasteiger partial charge in [-0.15, -0.1) is 6.58 Å². The SMILES string of the molecule is C=CCC(C(=O)OC)(C(=O)OC)C(C#Cc1ccccc1)c1ccccc1. The Bertz CT molecular complexity index is 828. The summed E-state index contributed by atoms with van der Waals surface area (Å²) in [7, 11) is 2.49. The van der Waals surface area contributed by atoms with Crippen molar-refractivity contribution in [2.24, 2.45) is 5.41 Å². The predicted molar refractivity (Wildman–Crippen MR) is 104 cm³/mol. The fourth-order valence-corrected chi connectivity index (χ4v) is 3.01. The van der Waals surface area contributed by atoms with Crippen LogP contribution in [0.3, 0.4) is 0 Å². The summed E-state index contributed by atoms with van der Waals surface area (Å²) in [6, 6.07) is 18.5. The monoisotopic (exact) mass is 362 g/mol. The fourth-order valence-electron chi connectivity index (χ4n) is 3.01. The van der Waals surface area contributed by atoms with Crippen LogP contribution in [-0.4, -0.2) is 26.2 Å². The zero-order valence-corrected chi connectivity index (χ0v) is 15.5. The Labute approximate surface area is 159 Å². The number of carbonyl (C=O) groups excluding carboxylic acids is 2. The Morgan fingerprint density at radius 1 is 1.00 bits per heavy atom. The minimum Gasteiger partial charge on any atom is -0.468 e. The van der Waals surface area contributed by atoms with Crippen molar-refractivity contribution in [3.63, 3.8) is 0 Å². The zero-order valence-electron chi connectivity index (χ0n) is 15.5. The molecule has 0 saturated heterocycles. The van der Waals surface area contributed by atoms with Gasteiger partial charge < -0.3 is 9.47 Å². The highest BCUT2D eigenvalue weighted by Gasteiger charge is 2.54. The van der Waals surface area contributed by atoms with Crippen LogP contribution in [0, 0.1) is 17.3 Å². The fraction of sp³-hybridized carbons (Fsp3) is 0.217. The molecule has 0 aliphatic carbocycles. The molecular formula is C23H22O4. The maximum Gasteiger partial charge on any atom is 0.325 e. The molecule has 0 aliphatic rings. The van der Waals surface area contributed by atoms with Crippen molar-refractivity contribution in [1.82, 2.24) is 0 Å². The second kappa shape index (κ2) is 9.40. The van der Waals surface area contributed by atoms with E-state index in [0.29, 0.717) is 0 Å². The molecule has 4 heteroatoms. The van der Waals surface area contributed by atoms with Gasteiger partial charge in [0.15, 0.2) is 5.41 Å². The Balaban J connectivity index is 2.70. The zero-order chi connectivity index (χ0) is 19.7. The number of rotatable bonds is 6. The molecule has 0 heterocycles. The van der Waals surface area contributed by atoms with Gasteiger partial charge in [0.05, 0.1) is 20.1 Å². The third kappa shape index (κ3) is 4.27. The molecule has 0 N–H and O–H groups in total. The van der Waals surface area contributed by atoms with Gasteiger partial charge in [-0.1, -0.05) is 66.4 Å². The van der Waals surface area contributed by atoms with Gasteiger partial charge in [0.25, 0.3) is 0 Å². The van der Waals surface area contributed by atoms with Crippen molar-refractivity contribution < 1.29 is 19.1 Å². The van der Waals surface area contributed by atoms with E-state index in [4.69, 9.17) is 9.47 Å². The van der Waals surface area contributed by atoms with Crippen LogP contribution >= 0.6 is 0 Å². The Morgan fingerprint density at radius 3 is 2.00 bits per heavy atom. The van der Waals surface area contributed by atoms with E-state index in [1.807, 2.05) is 60.7 Å². The third-order valence-corrected chi connectivity index (χ3v) is 4.33. The van der Waals surface area contributed by atoms with E-state index in [1.165, 1.54) is 20.3 Å². The van der Waals surface area contributed by atoms with Crippen molar-refractivity contribution >= 4 is 11.9 Å². The summed E-state index contributed by atoms with van der Waals surface area (Å²) in [5.41, 5.74) is -0.145. The van der Waals surface area contributed by atoms with Crippen molar-refractivity contribution in [3.8, 4) is 11.8 Å². The first-order chi connectivity index (χ1) is 13.1. The molecule has 0 radical (unpaired) electrons. The molecule has 27 heavy (non-hydrogen) atoms. The number of hydrogen-bond acceptors (Lipinski definition) is 4. The van der Waals surface area contributed by atoms with Crippen LogP contribution < -0.4 is 0 Å². The quantitative estimate of drug-likeness (QED) is 0.340. The molecule has 0 amide bonds. The van der Waals surface area contributed by atoms with Crippen LogP contribution in [-0.2, 0) is 19.1 Å². The first kappa shape index (κ1) is 20.0. The molecule has 138 valence electrons. The number of methoxy groups -OCH3 is 2. The summed E-state index contributed by atoms with van der Waals surface area (Å²) in [6.45, 7) is 3.71. The lowest BCUT2D eigenvalue weighted by molar-refractivity contribution is -0.169. The maximum atomic E-state index is 12.8. The summed E-state index contributed by atoms with van der Waals surface area (Å²) in [5.74, 6) is 4.00. The van der Waals surface area contributed by atoms with Gasteiger partial charge in [0, 0.05) is 5.56 Å². The van der Waals surface area contributed by atoms with E-state index in [-0.39, 0.29) is 6.42 Å². The van der Waals surface area contributed by atoms with Crippen molar-refractivity contribution in [2.75, 3.05) is 14.2 Å². The van der Waals surface area contributed by atoms with Crippen LogP contribution in [0.2, 0.25) is 0 Å². The van der Waals surface area contributed by atoms with Gasteiger partial charge in [-0.25, -0.2) is 0 Å². The average molecular weight is 362 g/mol. The lowest BCUT2D eigenvalue weighted by Crippen LogP contribution is -2.45. The molecule has 0 fully saturated rings. The average Bonchev–Trinajstić information content (AvgIpc) is 2.73. The minimum atomic E-state index is -1.64. The van der Waals surface area contributed by atoms with Crippen LogP contribution in [0.1, 0.15) is 23.5 Å². The minimum absolute atomic E-state index is 0.0371. The van der Waals surface area contributed by atoms with Crippen molar-refractivity contribution in [2.45, 2.75) is 12.3 Å². The number of benzene rings is 2. The van der Waals surface area contributed by atoms with E-state index in [0.717, 1.165) is 11.1 Å². The highest BCUT2D eigenvalue weighted by molar-refractivity contribution is 6.02. The number of hydrogen-bond donors (Lipinski definition) is 0. The summed E-state index contributed by atoms with van der Waals surface area (Å²) in [6.07, 6.45) is 1.54. The molecule has 2 rings (SSSR count). The molecule has 0 aliphatic heterocycles. The molecule has 2 aromatic rings. The molecule has 1 unspecified atom stereocenters. The first-order valence-corrected chi connectivity index (χ1v) is 8.49. The van der Waals surface area contributed by atoms with Crippen LogP contribution in [0.15, 0.2) is 73.3 Å². The molecular weight excluding hydrogens is 340 g/mol. The van der Waals surface area contributed by atoms with E-state index < -0.39 is 23.3 Å². The van der Waals surface area contributed by atoms with E-state index in [9.17, 15) is 9.59 Å². The highest BCUT2D eigenvalue weighted by atomic mass is 16.5. The lowest BCUT2D eigenvalue weighted by atomic mass is 9.69. The molecule has 0 spiro atoms. The van der Waals surface area contributed by atoms with Crippen LogP contribution in [0.25, 0.3) is 0 Å². The smallest absolute Gasteiger partial charge is 0.325 e. The van der Waals surface area contributed by atoms with Gasteiger partial charge >= 0.3 is 11.9 Å². The van der Waals surface area contributed by atoms with Gasteiger partial charge in [0.1, 0.15) is 0 Å². The normalized spacial score (nSPS) is 11.5. The Hall–Kier alpha value is -3.32. The summed E-state index contributed by atoms with van der Waals surface area (Å²) < 4.78 is 9.98. The highest BCUT2D eigenvalue weighted by Crippen LogP contribution is 2.41.